The van der Waals surface area contributed by atoms with Crippen LogP contribution in [0.3, 0.4) is 0 Å². The molecule has 0 aromatic heterocycles. The van der Waals surface area contributed by atoms with Gasteiger partial charge < -0.3 is 19.5 Å². The molecule has 46 heavy (non-hydrogen) atoms. The zero-order valence-corrected chi connectivity index (χ0v) is 26.5. The number of aliphatic hydroxyl groups is 1. The number of rotatable bonds is 14. The number of piperidine rings is 1. The zero-order valence-electron chi connectivity index (χ0n) is 26.5. The first kappa shape index (κ1) is 33.1. The fourth-order valence-electron chi connectivity index (χ4n) is 7.22. The van der Waals surface area contributed by atoms with Crippen LogP contribution in [0.5, 0.6) is 5.75 Å². The van der Waals surface area contributed by atoms with Crippen LogP contribution in [0.4, 0.5) is 0 Å². The van der Waals surface area contributed by atoms with Crippen LogP contribution in [-0.2, 0) is 16.0 Å². The van der Waals surface area contributed by atoms with Gasteiger partial charge in [-0.3, -0.25) is 4.79 Å². The molecule has 12 nitrogen and oxygen atoms in total. The Kier molecular flexibility index (Phi) is 11.8. The molecular formula is C34H45N8O4+. The largest absolute Gasteiger partial charge is 0.494 e. The third kappa shape index (κ3) is 7.76. The third-order valence-corrected chi connectivity index (χ3v) is 9.56. The number of nitrogens with one attached hydrogen (secondary N) is 1. The van der Waals surface area contributed by atoms with Crippen molar-refractivity contribution in [1.29, 1.82) is 5.53 Å². The predicted octanol–water partition coefficient (Wildman–Crippen LogP) is 6.32. The van der Waals surface area contributed by atoms with Gasteiger partial charge in [-0.25, -0.2) is 4.99 Å². The predicted molar refractivity (Wildman–Crippen MR) is 174 cm³/mol. The van der Waals surface area contributed by atoms with Gasteiger partial charge in [0, 0.05) is 43.1 Å². The summed E-state index contributed by atoms with van der Waals surface area (Å²) in [5.41, 5.74) is 17.7. The number of azide groups is 1. The highest BCUT2D eigenvalue weighted by Gasteiger charge is 2.56. The Balaban J connectivity index is 1.61. The first-order valence-electron chi connectivity index (χ1n) is 16.6. The lowest BCUT2D eigenvalue weighted by Gasteiger charge is -2.41. The van der Waals surface area contributed by atoms with Crippen LogP contribution in [-0.4, -0.2) is 66.7 Å². The van der Waals surface area contributed by atoms with E-state index in [-0.39, 0.29) is 24.3 Å². The fourth-order valence-corrected chi connectivity index (χ4v) is 7.22. The summed E-state index contributed by atoms with van der Waals surface area (Å²) < 4.78 is 12.6. The lowest BCUT2D eigenvalue weighted by Crippen LogP contribution is -2.53. The molecule has 2 aromatic carbocycles. The highest BCUT2D eigenvalue weighted by atomic mass is 16.5. The summed E-state index contributed by atoms with van der Waals surface area (Å²) in [6, 6.07) is 15.5. The number of carbonyl (C=O) groups excluding carboxylic acids is 1. The summed E-state index contributed by atoms with van der Waals surface area (Å²) in [5.74, 6) is 1.39. The van der Waals surface area contributed by atoms with Crippen LogP contribution in [0.15, 0.2) is 63.8 Å². The van der Waals surface area contributed by atoms with Gasteiger partial charge in [0.15, 0.2) is 11.6 Å². The summed E-state index contributed by atoms with van der Waals surface area (Å²) in [6.45, 7) is 2.62. The standard InChI is InChI=1S/C34H45N8O4/c35-40-37-18-17-25-9-4-5-12-30(25)31-34(33(44)42-19-6-1-7-20-42,23-27-10-2-3-11-28(27)24-38-41-36)39-32(46-31)26-13-15-29(16-14-26)45-22-8-21-43/h4-5,9,12-16,27-28,31,35,43H,1-3,6-8,10-11,17-24H2/q+1/t27?,28?,31-,34-/m1/s1. The van der Waals surface area contributed by atoms with Crippen LogP contribution in [0, 0.1) is 17.4 Å². The molecule has 12 heteroatoms. The molecular weight excluding hydrogens is 584 g/mol. The van der Waals surface area contributed by atoms with E-state index >= 15 is 4.79 Å². The van der Waals surface area contributed by atoms with Crippen LogP contribution in [0.1, 0.15) is 80.6 Å². The molecule has 1 saturated carbocycles. The summed E-state index contributed by atoms with van der Waals surface area (Å²) >= 11 is 0. The molecule has 2 aromatic rings. The van der Waals surface area contributed by atoms with Crippen molar-refractivity contribution in [3.05, 3.63) is 75.7 Å². The number of nitrogens with zero attached hydrogens (tertiary/aromatic N) is 7. The molecule has 0 spiro atoms. The SMILES string of the molecule is [N-]=[N+]=NCC1CCCCC1C[C@@]1(C(=O)N2CCCCC2)N=C(c2ccc(OCCCO)cc2)O[C@@H]1c1ccccc1CCN=[N+]=N. The maximum absolute atomic E-state index is 15.0. The van der Waals surface area contributed by atoms with Crippen molar-refractivity contribution in [2.45, 2.75) is 75.9 Å². The second kappa shape index (κ2) is 16.4. The Morgan fingerprint density at radius 1 is 1.07 bits per heavy atom. The molecule has 244 valence electrons. The van der Waals surface area contributed by atoms with E-state index in [4.69, 9.17) is 30.6 Å². The van der Waals surface area contributed by atoms with Crippen molar-refractivity contribution in [3.8, 4) is 5.75 Å². The van der Waals surface area contributed by atoms with Crippen LogP contribution >= 0.6 is 0 Å². The van der Waals surface area contributed by atoms with E-state index in [0.29, 0.717) is 63.7 Å². The van der Waals surface area contributed by atoms with Crippen LogP contribution in [0.2, 0.25) is 0 Å². The number of hydrogen-bond acceptors (Lipinski definition) is 8. The molecule has 2 unspecified atom stereocenters. The maximum atomic E-state index is 15.0. The summed E-state index contributed by atoms with van der Waals surface area (Å²) in [5, 5.41) is 17.0. The van der Waals surface area contributed by atoms with E-state index in [9.17, 15) is 0 Å². The number of ether oxygens (including phenoxy) is 2. The molecule has 5 rings (SSSR count). The number of aliphatic imine (C=N–C) groups is 1. The second-order valence-corrected chi connectivity index (χ2v) is 12.5. The van der Waals surface area contributed by atoms with Gasteiger partial charge in [-0.1, -0.05) is 55.1 Å². The molecule has 2 N–H and O–H groups in total. The minimum Gasteiger partial charge on any atom is -0.494 e. The molecule has 1 aliphatic carbocycles. The van der Waals surface area contributed by atoms with Crippen LogP contribution in [0.25, 0.3) is 10.4 Å². The summed E-state index contributed by atoms with van der Waals surface area (Å²) in [7, 11) is 0. The average Bonchev–Trinajstić information content (AvgIpc) is 3.48. The molecule has 1 saturated heterocycles. The zero-order chi connectivity index (χ0) is 32.2. The first-order chi connectivity index (χ1) is 22.6. The molecule has 1 amide bonds. The van der Waals surface area contributed by atoms with Crippen molar-refractivity contribution in [3.63, 3.8) is 0 Å². The van der Waals surface area contributed by atoms with Crippen molar-refractivity contribution in [2.24, 2.45) is 27.1 Å². The quantitative estimate of drug-likeness (QED) is 0.108. The van der Waals surface area contributed by atoms with Gasteiger partial charge in [0.2, 0.25) is 10.8 Å². The lowest BCUT2D eigenvalue weighted by molar-refractivity contribution is -0.142. The van der Waals surface area contributed by atoms with Gasteiger partial charge in [0.25, 0.3) is 5.91 Å². The molecule has 0 bridgehead atoms. The van der Waals surface area contributed by atoms with E-state index in [2.05, 4.69) is 20.1 Å². The highest BCUT2D eigenvalue weighted by Crippen LogP contribution is 2.49. The van der Waals surface area contributed by atoms with E-state index in [1.165, 1.54) is 0 Å². The summed E-state index contributed by atoms with van der Waals surface area (Å²) in [6.07, 6.45) is 7.93. The summed E-state index contributed by atoms with van der Waals surface area (Å²) in [4.78, 5) is 28.6. The molecule has 0 radical (unpaired) electrons. The van der Waals surface area contributed by atoms with E-state index < -0.39 is 11.6 Å². The maximum Gasteiger partial charge on any atom is 0.254 e. The van der Waals surface area contributed by atoms with E-state index in [0.717, 1.165) is 61.6 Å². The van der Waals surface area contributed by atoms with Gasteiger partial charge in [0.05, 0.1) is 6.61 Å². The lowest BCUT2D eigenvalue weighted by atomic mass is 9.70. The van der Waals surface area contributed by atoms with E-state index in [1.807, 2.05) is 53.4 Å². The van der Waals surface area contributed by atoms with Gasteiger partial charge in [-0.05, 0) is 84.9 Å². The van der Waals surface area contributed by atoms with Gasteiger partial charge in [-0.15, -0.1) is 0 Å². The van der Waals surface area contributed by atoms with Gasteiger partial charge >= 0.3 is 0 Å². The minimum atomic E-state index is -1.22. The van der Waals surface area contributed by atoms with E-state index in [1.54, 1.807) is 0 Å². The Morgan fingerprint density at radius 3 is 2.57 bits per heavy atom. The minimum absolute atomic E-state index is 0.00934. The van der Waals surface area contributed by atoms with Gasteiger partial charge in [-0.2, -0.15) is 0 Å². The number of benzene rings is 2. The van der Waals surface area contributed by atoms with Crippen molar-refractivity contribution in [1.82, 2.24) is 9.81 Å². The Morgan fingerprint density at radius 2 is 1.83 bits per heavy atom. The monoisotopic (exact) mass is 629 g/mol. The van der Waals surface area contributed by atoms with Crippen molar-refractivity contribution in [2.75, 3.05) is 39.4 Å². The number of likely N-dealkylation sites (tertiary alicyclic amines) is 1. The second-order valence-electron chi connectivity index (χ2n) is 12.5. The molecule has 4 atom stereocenters. The third-order valence-electron chi connectivity index (χ3n) is 9.56. The number of aliphatic hydroxyl groups excluding tert-OH is 1. The Hall–Kier alpha value is -4.24. The number of carbonyl (C=O) groups is 1. The Bertz CT molecular complexity index is 1450. The molecule has 3 aliphatic rings. The molecule has 2 aliphatic heterocycles. The normalized spacial score (nSPS) is 24.2. The first-order valence-corrected chi connectivity index (χ1v) is 16.6. The van der Waals surface area contributed by atoms with Crippen LogP contribution < -0.4 is 9.65 Å². The van der Waals surface area contributed by atoms with Gasteiger partial charge in [0.1, 0.15) is 22.9 Å². The Labute approximate surface area is 270 Å². The van der Waals surface area contributed by atoms with Crippen molar-refractivity contribution >= 4 is 11.8 Å². The smallest absolute Gasteiger partial charge is 0.254 e. The molecule has 2 fully saturated rings. The number of amides is 1. The van der Waals surface area contributed by atoms with Crippen molar-refractivity contribution < 1.29 is 19.4 Å². The highest BCUT2D eigenvalue weighted by molar-refractivity contribution is 6.01. The number of hydrogen-bond donors (Lipinski definition) is 2. The average molecular weight is 630 g/mol. The molecule has 2 heterocycles. The topological polar surface area (TPSA) is 170 Å². The fraction of sp³-hybridized carbons (Fsp3) is 0.588.